The van der Waals surface area contributed by atoms with Crippen molar-refractivity contribution in [2.24, 2.45) is 17.8 Å². The van der Waals surface area contributed by atoms with Crippen LogP contribution in [0.2, 0.25) is 0 Å². The van der Waals surface area contributed by atoms with Crippen molar-refractivity contribution in [3.63, 3.8) is 0 Å². The number of nitrogens with one attached hydrogen (secondary N) is 1. The number of fused-ring (bicyclic) bond motifs is 1. The second kappa shape index (κ2) is 6.52. The molecule has 1 aliphatic heterocycles. The highest BCUT2D eigenvalue weighted by Crippen LogP contribution is 2.40. The molecule has 2 fully saturated rings. The molecule has 2 aliphatic rings. The van der Waals surface area contributed by atoms with Crippen molar-refractivity contribution in [3.05, 3.63) is 42.9 Å². The van der Waals surface area contributed by atoms with Crippen LogP contribution >= 0.6 is 0 Å². The molecule has 0 spiro atoms. The van der Waals surface area contributed by atoms with E-state index in [4.69, 9.17) is 0 Å². The highest BCUT2D eigenvalue weighted by atomic mass is 15.3. The summed E-state index contributed by atoms with van der Waals surface area (Å²) < 4.78 is 0. The summed E-state index contributed by atoms with van der Waals surface area (Å²) in [6.45, 7) is 3.21. The first-order chi connectivity index (χ1) is 11.4. The average molecular weight is 309 g/mol. The van der Waals surface area contributed by atoms with E-state index in [0.717, 1.165) is 43.2 Å². The first-order valence-corrected chi connectivity index (χ1v) is 8.57. The Hall–Kier alpha value is -2.17. The number of anilines is 2. The largest absolute Gasteiger partial charge is 0.370 e. The maximum atomic E-state index is 4.43. The van der Waals surface area contributed by atoms with Crippen molar-refractivity contribution in [2.45, 2.75) is 19.3 Å². The first kappa shape index (κ1) is 14.4. The van der Waals surface area contributed by atoms with Crippen molar-refractivity contribution in [1.29, 1.82) is 0 Å². The molecule has 5 heteroatoms. The molecule has 2 aromatic heterocycles. The summed E-state index contributed by atoms with van der Waals surface area (Å²) in [4.78, 5) is 15.6. The maximum absolute atomic E-state index is 4.43. The van der Waals surface area contributed by atoms with E-state index in [1.807, 2.05) is 42.9 Å². The second-order valence-electron chi connectivity index (χ2n) is 6.66. The topological polar surface area (TPSA) is 53.9 Å². The van der Waals surface area contributed by atoms with Gasteiger partial charge in [0.15, 0.2) is 0 Å². The molecule has 1 aliphatic carbocycles. The number of hydrogen-bond donors (Lipinski definition) is 1. The molecular formula is C18H23N5. The Balaban J connectivity index is 1.41. The quantitative estimate of drug-likeness (QED) is 0.941. The lowest BCUT2D eigenvalue weighted by molar-refractivity contribution is 0.209. The fraction of sp³-hybridized carbons (Fsp3) is 0.500. The third-order valence-electron chi connectivity index (χ3n) is 5.29. The molecule has 0 bridgehead atoms. The van der Waals surface area contributed by atoms with Crippen LogP contribution in [-0.2, 0) is 0 Å². The number of nitrogens with zero attached hydrogens (tertiary/aromatic N) is 4. The molecule has 120 valence electrons. The lowest BCUT2D eigenvalue weighted by Crippen LogP contribution is -2.32. The smallest absolute Gasteiger partial charge is 0.225 e. The van der Waals surface area contributed by atoms with Gasteiger partial charge in [0.05, 0.1) is 0 Å². The van der Waals surface area contributed by atoms with Crippen LogP contribution in [-0.4, -0.2) is 34.6 Å². The Morgan fingerprint density at radius 2 is 1.87 bits per heavy atom. The van der Waals surface area contributed by atoms with E-state index < -0.39 is 0 Å². The minimum atomic E-state index is 0.712. The van der Waals surface area contributed by atoms with Gasteiger partial charge in [-0.3, -0.25) is 0 Å². The fourth-order valence-corrected chi connectivity index (χ4v) is 4.17. The molecule has 0 aromatic carbocycles. The Morgan fingerprint density at radius 1 is 1.00 bits per heavy atom. The summed E-state index contributed by atoms with van der Waals surface area (Å²) in [5.74, 6) is 4.10. The molecule has 0 unspecified atom stereocenters. The third kappa shape index (κ3) is 3.14. The van der Waals surface area contributed by atoms with Crippen LogP contribution in [0, 0.1) is 17.8 Å². The van der Waals surface area contributed by atoms with Gasteiger partial charge in [0, 0.05) is 38.2 Å². The van der Waals surface area contributed by atoms with E-state index in [2.05, 4.69) is 25.2 Å². The second-order valence-corrected chi connectivity index (χ2v) is 6.66. The molecular weight excluding hydrogens is 286 g/mol. The van der Waals surface area contributed by atoms with Crippen LogP contribution in [0.4, 0.5) is 11.8 Å². The standard InChI is InChI=1S/C18H23N5/c1-2-8-19-17(7-1)22-11-14-5-3-6-15-12-23(13-16(14)15)18-20-9-4-10-21-18/h1-2,4,7-10,14-16H,3,5-6,11-13H2,(H,19,22)/t14-,15+,16+/m0/s1. The van der Waals surface area contributed by atoms with Crippen molar-refractivity contribution >= 4 is 11.8 Å². The normalized spacial score (nSPS) is 26.8. The Kier molecular flexibility index (Phi) is 4.09. The monoisotopic (exact) mass is 309 g/mol. The van der Waals surface area contributed by atoms with Gasteiger partial charge in [-0.25, -0.2) is 15.0 Å². The van der Waals surface area contributed by atoms with E-state index in [-0.39, 0.29) is 0 Å². The zero-order valence-corrected chi connectivity index (χ0v) is 13.3. The Labute approximate surface area is 137 Å². The zero-order valence-electron chi connectivity index (χ0n) is 13.3. The van der Waals surface area contributed by atoms with Gasteiger partial charge in [0.25, 0.3) is 0 Å². The summed E-state index contributed by atoms with van der Waals surface area (Å²) >= 11 is 0. The summed E-state index contributed by atoms with van der Waals surface area (Å²) in [7, 11) is 0. The molecule has 1 saturated carbocycles. The van der Waals surface area contributed by atoms with Crippen molar-refractivity contribution in [2.75, 3.05) is 29.9 Å². The van der Waals surface area contributed by atoms with Gasteiger partial charge in [-0.15, -0.1) is 0 Å². The molecule has 0 amide bonds. The van der Waals surface area contributed by atoms with Crippen LogP contribution < -0.4 is 10.2 Å². The molecule has 5 nitrogen and oxygen atoms in total. The molecule has 4 rings (SSSR count). The summed E-state index contributed by atoms with van der Waals surface area (Å²) in [6.07, 6.45) is 9.50. The van der Waals surface area contributed by atoms with Crippen molar-refractivity contribution in [1.82, 2.24) is 15.0 Å². The molecule has 3 heterocycles. The van der Waals surface area contributed by atoms with Crippen molar-refractivity contribution < 1.29 is 0 Å². The van der Waals surface area contributed by atoms with Gasteiger partial charge in [0.2, 0.25) is 5.95 Å². The molecule has 2 aromatic rings. The Bertz CT molecular complexity index is 618. The minimum absolute atomic E-state index is 0.712. The third-order valence-corrected chi connectivity index (χ3v) is 5.29. The molecule has 0 radical (unpaired) electrons. The van der Waals surface area contributed by atoms with Gasteiger partial charge in [-0.05, 0) is 48.8 Å². The maximum Gasteiger partial charge on any atom is 0.225 e. The minimum Gasteiger partial charge on any atom is -0.370 e. The lowest BCUT2D eigenvalue weighted by Gasteiger charge is -2.33. The molecule has 23 heavy (non-hydrogen) atoms. The lowest BCUT2D eigenvalue weighted by atomic mass is 9.74. The van der Waals surface area contributed by atoms with Crippen LogP contribution in [0.25, 0.3) is 0 Å². The Morgan fingerprint density at radius 3 is 2.70 bits per heavy atom. The van der Waals surface area contributed by atoms with E-state index in [1.54, 1.807) is 0 Å². The molecule has 3 atom stereocenters. The van der Waals surface area contributed by atoms with Crippen LogP contribution in [0.15, 0.2) is 42.9 Å². The van der Waals surface area contributed by atoms with Gasteiger partial charge < -0.3 is 10.2 Å². The predicted molar refractivity (Wildman–Crippen MR) is 91.3 cm³/mol. The van der Waals surface area contributed by atoms with E-state index in [1.165, 1.54) is 19.3 Å². The van der Waals surface area contributed by atoms with E-state index in [9.17, 15) is 0 Å². The fourth-order valence-electron chi connectivity index (χ4n) is 4.17. The van der Waals surface area contributed by atoms with E-state index >= 15 is 0 Å². The van der Waals surface area contributed by atoms with Crippen molar-refractivity contribution in [3.8, 4) is 0 Å². The number of aromatic nitrogens is 3. The van der Waals surface area contributed by atoms with Crippen LogP contribution in [0.1, 0.15) is 19.3 Å². The highest BCUT2D eigenvalue weighted by molar-refractivity contribution is 5.34. The summed E-state index contributed by atoms with van der Waals surface area (Å²) in [5, 5.41) is 3.52. The first-order valence-electron chi connectivity index (χ1n) is 8.57. The predicted octanol–water partition coefficient (Wildman–Crippen LogP) is 2.84. The van der Waals surface area contributed by atoms with E-state index in [0.29, 0.717) is 5.92 Å². The molecule has 1 saturated heterocycles. The van der Waals surface area contributed by atoms with Gasteiger partial charge >= 0.3 is 0 Å². The number of rotatable bonds is 4. The summed E-state index contributed by atoms with van der Waals surface area (Å²) in [6, 6.07) is 7.91. The van der Waals surface area contributed by atoms with Crippen LogP contribution in [0.5, 0.6) is 0 Å². The van der Waals surface area contributed by atoms with Crippen LogP contribution in [0.3, 0.4) is 0 Å². The van der Waals surface area contributed by atoms with Gasteiger partial charge in [-0.2, -0.15) is 0 Å². The molecule has 1 N–H and O–H groups in total. The number of hydrogen-bond acceptors (Lipinski definition) is 5. The highest BCUT2D eigenvalue weighted by Gasteiger charge is 2.40. The van der Waals surface area contributed by atoms with Gasteiger partial charge in [0.1, 0.15) is 5.82 Å². The number of pyridine rings is 1. The summed E-state index contributed by atoms with van der Waals surface area (Å²) in [5.41, 5.74) is 0. The SMILES string of the molecule is c1ccc(NC[C@@H]2CCC[C@@H]3CN(c4ncccn4)C[C@@H]32)nc1. The average Bonchev–Trinajstić information content (AvgIpc) is 3.06. The van der Waals surface area contributed by atoms with Gasteiger partial charge in [-0.1, -0.05) is 12.5 Å². The zero-order chi connectivity index (χ0) is 15.5.